The van der Waals surface area contributed by atoms with Crippen molar-refractivity contribution in [2.24, 2.45) is 20.4 Å². The van der Waals surface area contributed by atoms with E-state index in [2.05, 4.69) is 20.4 Å². The number of rotatable bonds is 12. The van der Waals surface area contributed by atoms with Crippen LogP contribution in [0.1, 0.15) is 52.7 Å². The number of allylic oxidation sites excluding steroid dienone is 4. The number of carbonyl (C=O) groups excluding carboxylic acids is 2. The van der Waals surface area contributed by atoms with Gasteiger partial charge in [-0.3, -0.25) is 9.59 Å². The monoisotopic (exact) mass is 1150 g/mol. The van der Waals surface area contributed by atoms with Gasteiger partial charge in [0.05, 0.1) is 26.6 Å². The molecule has 346 valence electrons. The molecule has 22 heteroatoms. The number of ketones is 2. The molecule has 0 aliphatic rings. The van der Waals surface area contributed by atoms with Gasteiger partial charge in [0.1, 0.15) is 11.5 Å². The summed E-state index contributed by atoms with van der Waals surface area (Å²) in [7, 11) is 9.87. The molecule has 0 heterocycles. The number of carbonyl (C=O) groups is 2. The van der Waals surface area contributed by atoms with Crippen LogP contribution in [0.2, 0.25) is 0 Å². The topological polar surface area (TPSA) is 353 Å². The van der Waals surface area contributed by atoms with Crippen LogP contribution in [0.15, 0.2) is 80.5 Å². The molecule has 2 radical (unpaired) electrons. The van der Waals surface area contributed by atoms with Crippen molar-refractivity contribution in [3.8, 4) is 23.0 Å². The second-order valence-electron chi connectivity index (χ2n) is 11.1. The van der Waals surface area contributed by atoms with Crippen LogP contribution in [0, 0.1) is 76.3 Å². The first-order chi connectivity index (χ1) is 26.2. The van der Waals surface area contributed by atoms with Gasteiger partial charge in [0, 0.05) is 38.1 Å². The maximum Gasteiger partial charge on any atom is 3.00 e. The van der Waals surface area contributed by atoms with Crippen LogP contribution in [0.5, 0.6) is 23.0 Å². The summed E-state index contributed by atoms with van der Waals surface area (Å²) >= 11 is 0. The van der Waals surface area contributed by atoms with Crippen molar-refractivity contribution in [1.82, 2.24) is 9.80 Å². The minimum Gasteiger partial charge on any atom is -0.876 e. The molecule has 0 aliphatic carbocycles. The molecule has 20 nitrogen and oxygen atoms in total. The first-order valence-electron chi connectivity index (χ1n) is 16.6. The van der Waals surface area contributed by atoms with Crippen LogP contribution >= 0.6 is 0 Å². The van der Waals surface area contributed by atoms with Crippen LogP contribution in [0.3, 0.4) is 0 Å². The van der Waals surface area contributed by atoms with E-state index in [1.54, 1.807) is 88.2 Å². The summed E-state index contributed by atoms with van der Waals surface area (Å²) in [5.74, 6) is -1.58. The number of para-hydroxylation sites is 2. The summed E-state index contributed by atoms with van der Waals surface area (Å²) in [6, 6.07) is 9.63. The summed E-state index contributed by atoms with van der Waals surface area (Å²) < 4.78 is 9.77. The molecular formula is C38H62Dy2N6O14+2. The molecule has 0 spiro atoms. The van der Waals surface area contributed by atoms with Crippen molar-refractivity contribution in [2.75, 3.05) is 68.7 Å². The summed E-state index contributed by atoms with van der Waals surface area (Å²) in [6.07, 6.45) is 4.61. The molecule has 60 heavy (non-hydrogen) atoms. The average Bonchev–Trinajstić information content (AvgIpc) is 3.06. The minimum absolute atomic E-state index is 0. The van der Waals surface area contributed by atoms with Gasteiger partial charge in [-0.05, 0) is 91.3 Å². The molecule has 2 rings (SSSR count). The Hall–Kier alpha value is -3.35. The number of hydrogen-bond donors (Lipinski definition) is 2. The molecule has 0 unspecified atom stereocenters. The predicted molar refractivity (Wildman–Crippen MR) is 216 cm³/mol. The van der Waals surface area contributed by atoms with Crippen LogP contribution in [0.25, 0.3) is 0 Å². The van der Waals surface area contributed by atoms with E-state index < -0.39 is 0 Å². The van der Waals surface area contributed by atoms with E-state index in [1.165, 1.54) is 54.3 Å². The maximum atomic E-state index is 11.7. The van der Waals surface area contributed by atoms with E-state index in [4.69, 9.17) is 19.7 Å². The second-order valence-corrected chi connectivity index (χ2v) is 11.1. The number of methoxy groups -OCH3 is 2. The van der Waals surface area contributed by atoms with E-state index in [1.807, 2.05) is 0 Å². The third-order valence-electron chi connectivity index (χ3n) is 4.91. The van der Waals surface area contributed by atoms with E-state index in [0.717, 1.165) is 12.2 Å². The molecule has 0 saturated carbocycles. The second kappa shape index (κ2) is 48.3. The maximum absolute atomic E-state index is 11.7. The van der Waals surface area contributed by atoms with E-state index in [0.29, 0.717) is 11.1 Å². The van der Waals surface area contributed by atoms with Gasteiger partial charge >= 0.3 is 76.3 Å². The van der Waals surface area contributed by atoms with E-state index in [9.17, 15) is 40.2 Å². The molecule has 0 aromatic heterocycles. The first kappa shape index (κ1) is 74.1. The fourth-order valence-corrected chi connectivity index (χ4v) is 3.08. The van der Waals surface area contributed by atoms with Crippen LogP contribution in [-0.4, -0.2) is 125 Å². The number of hydrogen-bond acceptors (Lipinski definition) is 18. The van der Waals surface area contributed by atoms with Crippen LogP contribution in [-0.2, 0) is 20.5 Å². The first-order valence-corrected chi connectivity index (χ1v) is 16.6. The summed E-state index contributed by atoms with van der Waals surface area (Å²) in [4.78, 5) is 23.3. The Morgan fingerprint density at radius 2 is 0.900 bits per heavy atom. The molecule has 2 aromatic carbocycles. The Kier molecular flexibility index (Phi) is 59.7. The fourth-order valence-electron chi connectivity index (χ4n) is 3.08. The number of benzene rings is 2. The fraction of sp³-hybridized carbons (Fsp3) is 0.421. The van der Waals surface area contributed by atoms with E-state index in [-0.39, 0.29) is 171 Å². The summed E-state index contributed by atoms with van der Waals surface area (Å²) in [5, 5.41) is 95.1. The van der Waals surface area contributed by atoms with Gasteiger partial charge in [0.25, 0.3) is 0 Å². The molecule has 0 bridgehead atoms. The molecule has 0 amide bonds. The normalized spacial score (nSPS) is 10.7. The molecule has 0 saturated heterocycles. The Morgan fingerprint density at radius 1 is 0.633 bits per heavy atom. The van der Waals surface area contributed by atoms with Crippen molar-refractivity contribution in [3.63, 3.8) is 0 Å². The van der Waals surface area contributed by atoms with Gasteiger partial charge in [0.2, 0.25) is 0 Å². The predicted octanol–water partition coefficient (Wildman–Crippen LogP) is -3.32. The molecule has 8 N–H and O–H groups in total. The van der Waals surface area contributed by atoms with Crippen molar-refractivity contribution >= 4 is 35.8 Å². The van der Waals surface area contributed by atoms with Gasteiger partial charge in [-0.15, -0.1) is 11.5 Å². The van der Waals surface area contributed by atoms with E-state index >= 15 is 0 Å². The SMILES string of the molecule is CC(=O)/C=C(/C)[O-].CC(=O)/C=C(/C)[O-].CCO.CCO.COc1cccc(/C=N/N=C(\[O-])CN(C)C)c1[O-].COc1cccc(/C=N/N=C(\[O-])CN(C)C)c1[O-].[Dy+3].[Dy+3].[OH3+].[OH3+]. The van der Waals surface area contributed by atoms with Gasteiger partial charge in [-0.25, -0.2) is 0 Å². The quantitative estimate of drug-likeness (QED) is 0.0525. The van der Waals surface area contributed by atoms with Crippen molar-refractivity contribution in [3.05, 3.63) is 71.2 Å². The molecule has 0 atom stereocenters. The molecule has 2 aromatic rings. The summed E-state index contributed by atoms with van der Waals surface area (Å²) in [6.45, 7) is 9.62. The third-order valence-corrected chi connectivity index (χ3v) is 4.91. The van der Waals surface area contributed by atoms with Crippen LogP contribution < -0.4 is 40.1 Å². The molecular weight excluding hydrogens is 1090 g/mol. The molecule has 0 aliphatic heterocycles. The zero-order valence-electron chi connectivity index (χ0n) is 36.0. The number of nitrogens with zero attached hydrogens (tertiary/aromatic N) is 6. The number of ether oxygens (including phenoxy) is 2. The van der Waals surface area contributed by atoms with Crippen molar-refractivity contribution < 1.29 is 147 Å². The van der Waals surface area contributed by atoms with Gasteiger partial charge in [-0.1, -0.05) is 49.6 Å². The van der Waals surface area contributed by atoms with Gasteiger partial charge < -0.3 is 71.1 Å². The number of aliphatic hydroxyl groups excluding tert-OH is 2. The van der Waals surface area contributed by atoms with Crippen LogP contribution in [0.4, 0.5) is 0 Å². The van der Waals surface area contributed by atoms with Crippen molar-refractivity contribution in [1.29, 1.82) is 0 Å². The number of aliphatic hydroxyl groups is 2. The standard InChI is InChI=1S/2C12H17N3O3.2C5H8O2.2C2H6O.2Dy.2H2O/c2*1-15(2)8-11(16)14-13-7-9-5-4-6-10(18-3)12(9)17;2*1-4(6)3-5(2)7;2*1-2-3;;;;/h2*4-7,17H,8H2,1-3H3,(H,14,16);2*3,6H,1-2H3;2*3H,2H2,1H3;;;2*1H2/q;;;;;;2*+3;;/p-4/b2*13-7+;2*4-3-;;;;;;. The molecule has 0 fully saturated rings. The van der Waals surface area contributed by atoms with Gasteiger partial charge in [-0.2, -0.15) is 20.4 Å². The Morgan fingerprint density at radius 3 is 1.08 bits per heavy atom. The minimum atomic E-state index is -0.369. The largest absolute Gasteiger partial charge is 3.00 e. The summed E-state index contributed by atoms with van der Waals surface area (Å²) in [5.41, 5.74) is 0.659. The van der Waals surface area contributed by atoms with Gasteiger partial charge in [0.15, 0.2) is 11.6 Å². The Bertz CT molecular complexity index is 1460. The Labute approximate surface area is 414 Å². The smallest absolute Gasteiger partial charge is 0.876 e. The average molecular weight is 1150 g/mol. The Balaban J connectivity index is -0.0000001000. The zero-order valence-corrected chi connectivity index (χ0v) is 40.1. The van der Waals surface area contributed by atoms with Crippen molar-refractivity contribution in [2.45, 2.75) is 41.5 Å². The third kappa shape index (κ3) is 49.0. The number of likely N-dealkylation sites (N-methyl/N-ethyl adjacent to an activating group) is 2. The zero-order chi connectivity index (χ0) is 44.2.